The fraction of sp³-hybridized carbons (Fsp3) is 0.933. The lowest BCUT2D eigenvalue weighted by atomic mass is 10.1. The Balaban J connectivity index is 0.00000242. The van der Waals surface area contributed by atoms with Gasteiger partial charge in [0, 0.05) is 50.6 Å². The fourth-order valence-corrected chi connectivity index (χ4v) is 4.25. The van der Waals surface area contributed by atoms with Crippen LogP contribution in [0, 0.1) is 0 Å². The van der Waals surface area contributed by atoms with Crippen molar-refractivity contribution in [3.05, 3.63) is 0 Å². The van der Waals surface area contributed by atoms with Crippen LogP contribution in [0.2, 0.25) is 0 Å². The molecule has 0 amide bonds. The minimum atomic E-state index is 0. The van der Waals surface area contributed by atoms with Gasteiger partial charge in [0.05, 0.1) is 0 Å². The first-order chi connectivity index (χ1) is 10.0. The Kier molecular flexibility index (Phi) is 8.81. The maximum absolute atomic E-state index is 4.36. The highest BCUT2D eigenvalue weighted by molar-refractivity contribution is 14.0. The minimum absolute atomic E-state index is 0. The SMILES string of the molecule is CN=C(NCC1CN(C)CCN1C)NCC1(C)CCCS1.I. The first-order valence-corrected chi connectivity index (χ1v) is 8.98. The van der Waals surface area contributed by atoms with Crippen LogP contribution in [-0.2, 0) is 0 Å². The Morgan fingerprint density at radius 2 is 2.09 bits per heavy atom. The van der Waals surface area contributed by atoms with Crippen LogP contribution in [0.15, 0.2) is 4.99 Å². The van der Waals surface area contributed by atoms with E-state index in [0.717, 1.165) is 38.7 Å². The quantitative estimate of drug-likeness (QED) is 0.391. The van der Waals surface area contributed by atoms with Crippen molar-refractivity contribution < 1.29 is 0 Å². The van der Waals surface area contributed by atoms with E-state index in [9.17, 15) is 0 Å². The third-order valence-corrected chi connectivity index (χ3v) is 6.18. The summed E-state index contributed by atoms with van der Waals surface area (Å²) in [5, 5.41) is 7.00. The van der Waals surface area contributed by atoms with Gasteiger partial charge in [0.25, 0.3) is 0 Å². The summed E-state index contributed by atoms with van der Waals surface area (Å²) in [5.74, 6) is 2.23. The highest BCUT2D eigenvalue weighted by atomic mass is 127. The number of piperazine rings is 1. The second-order valence-corrected chi connectivity index (χ2v) is 8.29. The summed E-state index contributed by atoms with van der Waals surface area (Å²) in [7, 11) is 6.27. The molecule has 7 heteroatoms. The van der Waals surface area contributed by atoms with Crippen LogP contribution in [-0.4, -0.2) is 86.2 Å². The summed E-state index contributed by atoms with van der Waals surface area (Å²) >= 11 is 2.08. The third-order valence-electron chi connectivity index (χ3n) is 4.64. The molecule has 0 saturated carbocycles. The van der Waals surface area contributed by atoms with Crippen molar-refractivity contribution in [2.75, 3.05) is 59.6 Å². The molecular weight excluding hydrogens is 409 g/mol. The van der Waals surface area contributed by atoms with Crippen LogP contribution in [0.3, 0.4) is 0 Å². The van der Waals surface area contributed by atoms with Crippen molar-refractivity contribution in [1.29, 1.82) is 0 Å². The molecule has 0 radical (unpaired) electrons. The number of guanidine groups is 1. The number of likely N-dealkylation sites (N-methyl/N-ethyl adjacent to an activating group) is 2. The lowest BCUT2D eigenvalue weighted by Gasteiger charge is -2.38. The van der Waals surface area contributed by atoms with E-state index in [1.165, 1.54) is 18.6 Å². The summed E-state index contributed by atoms with van der Waals surface area (Å²) in [6.45, 7) is 7.73. The van der Waals surface area contributed by atoms with Gasteiger partial charge in [0.2, 0.25) is 0 Å². The lowest BCUT2D eigenvalue weighted by Crippen LogP contribution is -2.55. The van der Waals surface area contributed by atoms with Gasteiger partial charge in [-0.1, -0.05) is 0 Å². The number of rotatable bonds is 4. The molecule has 22 heavy (non-hydrogen) atoms. The number of halogens is 1. The molecule has 0 aromatic heterocycles. The zero-order valence-electron chi connectivity index (χ0n) is 14.4. The molecule has 2 unspecified atom stereocenters. The molecule has 130 valence electrons. The van der Waals surface area contributed by atoms with Gasteiger partial charge in [-0.25, -0.2) is 0 Å². The molecule has 0 spiro atoms. The van der Waals surface area contributed by atoms with Crippen LogP contribution in [0.1, 0.15) is 19.8 Å². The molecule has 2 fully saturated rings. The maximum atomic E-state index is 4.36. The van der Waals surface area contributed by atoms with Gasteiger partial charge in [-0.05, 0) is 39.6 Å². The molecule has 2 rings (SSSR count). The first kappa shape index (κ1) is 20.3. The normalized spacial score (nSPS) is 30.9. The Morgan fingerprint density at radius 1 is 1.32 bits per heavy atom. The van der Waals surface area contributed by atoms with Crippen molar-refractivity contribution in [2.45, 2.75) is 30.6 Å². The molecule has 0 aromatic carbocycles. The fourth-order valence-electron chi connectivity index (χ4n) is 3.00. The van der Waals surface area contributed by atoms with Gasteiger partial charge in [-0.2, -0.15) is 11.8 Å². The molecule has 0 bridgehead atoms. The third kappa shape index (κ3) is 6.05. The van der Waals surface area contributed by atoms with Crippen LogP contribution in [0.5, 0.6) is 0 Å². The Hall–Kier alpha value is 0.270. The molecule has 5 nitrogen and oxygen atoms in total. The summed E-state index contributed by atoms with van der Waals surface area (Å²) in [6.07, 6.45) is 2.64. The van der Waals surface area contributed by atoms with E-state index in [0.29, 0.717) is 10.8 Å². The summed E-state index contributed by atoms with van der Waals surface area (Å²) in [5.41, 5.74) is 0. The predicted octanol–water partition coefficient (Wildman–Crippen LogP) is 1.30. The average Bonchev–Trinajstić information content (AvgIpc) is 2.90. The van der Waals surface area contributed by atoms with Crippen LogP contribution in [0.25, 0.3) is 0 Å². The largest absolute Gasteiger partial charge is 0.355 e. The first-order valence-electron chi connectivity index (χ1n) is 8.00. The number of aliphatic imine (C=N–C) groups is 1. The molecule has 2 aliphatic heterocycles. The van der Waals surface area contributed by atoms with E-state index in [-0.39, 0.29) is 24.0 Å². The summed E-state index contributed by atoms with van der Waals surface area (Å²) in [4.78, 5) is 9.20. The smallest absolute Gasteiger partial charge is 0.191 e. The van der Waals surface area contributed by atoms with Crippen molar-refractivity contribution >= 4 is 41.7 Å². The molecule has 2 aliphatic rings. The molecule has 0 aliphatic carbocycles. The number of nitrogens with zero attached hydrogens (tertiary/aromatic N) is 3. The highest BCUT2D eigenvalue weighted by Gasteiger charge is 2.29. The van der Waals surface area contributed by atoms with Crippen molar-refractivity contribution in [3.8, 4) is 0 Å². The Labute approximate surface area is 157 Å². The molecular formula is C15H32IN5S. The Bertz CT molecular complexity index is 360. The molecule has 2 N–H and O–H groups in total. The number of thioether (sulfide) groups is 1. The van der Waals surface area contributed by atoms with E-state index in [1.54, 1.807) is 0 Å². The number of hydrogen-bond donors (Lipinski definition) is 2. The van der Waals surface area contributed by atoms with E-state index in [1.807, 2.05) is 7.05 Å². The van der Waals surface area contributed by atoms with Gasteiger partial charge >= 0.3 is 0 Å². The molecule has 2 heterocycles. The van der Waals surface area contributed by atoms with Crippen molar-refractivity contribution in [3.63, 3.8) is 0 Å². The predicted molar refractivity (Wildman–Crippen MR) is 109 cm³/mol. The van der Waals surface area contributed by atoms with E-state index in [2.05, 4.69) is 58.2 Å². The Morgan fingerprint density at radius 3 is 2.73 bits per heavy atom. The van der Waals surface area contributed by atoms with Crippen LogP contribution in [0.4, 0.5) is 0 Å². The van der Waals surface area contributed by atoms with Gasteiger partial charge in [0.1, 0.15) is 0 Å². The van der Waals surface area contributed by atoms with Crippen molar-refractivity contribution in [2.24, 2.45) is 4.99 Å². The van der Waals surface area contributed by atoms with Gasteiger partial charge < -0.3 is 15.5 Å². The minimum Gasteiger partial charge on any atom is -0.355 e. The zero-order valence-corrected chi connectivity index (χ0v) is 17.5. The summed E-state index contributed by atoms with van der Waals surface area (Å²) < 4.78 is 0.374. The molecule has 2 atom stereocenters. The lowest BCUT2D eigenvalue weighted by molar-refractivity contribution is 0.116. The standard InChI is InChI=1S/C15H31N5S.HI/c1-15(6-5-9-21-15)12-18-14(16-2)17-10-13-11-19(3)7-8-20(13)4;/h13H,5-12H2,1-4H3,(H2,16,17,18);1H. The molecule has 2 saturated heterocycles. The van der Waals surface area contributed by atoms with Gasteiger partial charge in [-0.3, -0.25) is 9.89 Å². The second-order valence-electron chi connectivity index (χ2n) is 6.61. The topological polar surface area (TPSA) is 42.9 Å². The van der Waals surface area contributed by atoms with Crippen LogP contribution >= 0.6 is 35.7 Å². The number of hydrogen-bond acceptors (Lipinski definition) is 4. The van der Waals surface area contributed by atoms with Gasteiger partial charge in [-0.15, -0.1) is 24.0 Å². The maximum Gasteiger partial charge on any atom is 0.191 e. The second kappa shape index (κ2) is 9.54. The van der Waals surface area contributed by atoms with Crippen molar-refractivity contribution in [1.82, 2.24) is 20.4 Å². The number of nitrogens with one attached hydrogen (secondary N) is 2. The summed E-state index contributed by atoms with van der Waals surface area (Å²) in [6, 6.07) is 0.554. The molecule has 0 aromatic rings. The van der Waals surface area contributed by atoms with E-state index < -0.39 is 0 Å². The van der Waals surface area contributed by atoms with Crippen LogP contribution < -0.4 is 10.6 Å². The highest BCUT2D eigenvalue weighted by Crippen LogP contribution is 2.36. The van der Waals surface area contributed by atoms with E-state index >= 15 is 0 Å². The zero-order chi connectivity index (χ0) is 15.3. The van der Waals surface area contributed by atoms with E-state index in [4.69, 9.17) is 0 Å². The monoisotopic (exact) mass is 441 g/mol. The van der Waals surface area contributed by atoms with Gasteiger partial charge in [0.15, 0.2) is 5.96 Å². The average molecular weight is 441 g/mol.